The summed E-state index contributed by atoms with van der Waals surface area (Å²) in [5, 5.41) is 12.7. The zero-order valence-corrected chi connectivity index (χ0v) is 15.5. The Morgan fingerprint density at radius 2 is 1.67 bits per heavy atom. The quantitative estimate of drug-likeness (QED) is 0.692. The monoisotopic (exact) mass is 382 g/mol. The molecule has 1 aromatic heterocycles. The third-order valence-electron chi connectivity index (χ3n) is 4.65. The second-order valence-corrected chi connectivity index (χ2v) is 6.85. The highest BCUT2D eigenvalue weighted by Gasteiger charge is 2.23. The molecule has 8 heteroatoms. The van der Waals surface area contributed by atoms with Crippen LogP contribution in [-0.4, -0.2) is 62.1 Å². The van der Waals surface area contributed by atoms with E-state index < -0.39 is 0 Å². The summed E-state index contributed by atoms with van der Waals surface area (Å²) in [6, 6.07) is 16.8. The van der Waals surface area contributed by atoms with Gasteiger partial charge in [-0.25, -0.2) is 0 Å². The molecule has 1 fully saturated rings. The van der Waals surface area contributed by atoms with Crippen molar-refractivity contribution in [3.8, 4) is 5.69 Å². The molecular formula is C19H19ClN6O. The summed E-state index contributed by atoms with van der Waals surface area (Å²) in [7, 11) is 0. The Kier molecular flexibility index (Phi) is 5.13. The second kappa shape index (κ2) is 7.85. The molecule has 1 aliphatic rings. The van der Waals surface area contributed by atoms with Crippen LogP contribution < -0.4 is 0 Å². The molecule has 3 aromatic rings. The van der Waals surface area contributed by atoms with Crippen molar-refractivity contribution in [2.75, 3.05) is 26.2 Å². The van der Waals surface area contributed by atoms with Crippen molar-refractivity contribution in [3.63, 3.8) is 0 Å². The minimum atomic E-state index is 0.0845. The smallest absolute Gasteiger partial charge is 0.253 e. The fourth-order valence-corrected chi connectivity index (χ4v) is 3.29. The number of carbonyl (C=O) groups is 1. The van der Waals surface area contributed by atoms with Crippen molar-refractivity contribution < 1.29 is 4.79 Å². The van der Waals surface area contributed by atoms with Crippen LogP contribution in [0.25, 0.3) is 5.69 Å². The van der Waals surface area contributed by atoms with Gasteiger partial charge in [0.15, 0.2) is 5.82 Å². The Morgan fingerprint density at radius 1 is 0.963 bits per heavy atom. The molecule has 0 unspecified atom stereocenters. The number of nitrogens with zero attached hydrogens (tertiary/aromatic N) is 6. The van der Waals surface area contributed by atoms with Gasteiger partial charge < -0.3 is 4.90 Å². The first kappa shape index (κ1) is 17.6. The molecule has 0 N–H and O–H groups in total. The van der Waals surface area contributed by atoms with Crippen LogP contribution in [0.3, 0.4) is 0 Å². The number of piperazine rings is 1. The van der Waals surface area contributed by atoms with E-state index in [0.29, 0.717) is 24.7 Å². The third-order valence-corrected chi connectivity index (χ3v) is 4.90. The van der Waals surface area contributed by atoms with E-state index in [2.05, 4.69) is 20.4 Å². The summed E-state index contributed by atoms with van der Waals surface area (Å²) in [4.78, 5) is 16.7. The topological polar surface area (TPSA) is 67.2 Å². The standard InChI is InChI=1S/C19H19ClN6O/c20-16-6-8-17(9-7-16)26-18(21-22-23-26)14-24-10-12-25(13-11-24)19(27)15-4-2-1-3-5-15/h1-9H,10-14H2. The summed E-state index contributed by atoms with van der Waals surface area (Å²) in [5.41, 5.74) is 1.61. The van der Waals surface area contributed by atoms with E-state index in [1.54, 1.807) is 4.68 Å². The molecule has 7 nitrogen and oxygen atoms in total. The Morgan fingerprint density at radius 3 is 2.37 bits per heavy atom. The lowest BCUT2D eigenvalue weighted by Crippen LogP contribution is -2.48. The highest BCUT2D eigenvalue weighted by atomic mass is 35.5. The molecule has 0 radical (unpaired) electrons. The minimum absolute atomic E-state index is 0.0845. The van der Waals surface area contributed by atoms with Gasteiger partial charge in [0.2, 0.25) is 0 Å². The summed E-state index contributed by atoms with van der Waals surface area (Å²) in [6.45, 7) is 3.58. The lowest BCUT2D eigenvalue weighted by molar-refractivity contribution is 0.0624. The summed E-state index contributed by atoms with van der Waals surface area (Å²) in [5.74, 6) is 0.849. The van der Waals surface area contributed by atoms with E-state index in [1.807, 2.05) is 59.5 Å². The van der Waals surface area contributed by atoms with Crippen LogP contribution in [-0.2, 0) is 6.54 Å². The lowest BCUT2D eigenvalue weighted by atomic mass is 10.2. The van der Waals surface area contributed by atoms with E-state index in [0.717, 1.165) is 30.2 Å². The normalized spacial score (nSPS) is 15.1. The van der Waals surface area contributed by atoms with Crippen molar-refractivity contribution >= 4 is 17.5 Å². The van der Waals surface area contributed by atoms with Gasteiger partial charge in [0, 0.05) is 36.8 Å². The maximum Gasteiger partial charge on any atom is 0.253 e. The Labute approximate surface area is 162 Å². The highest BCUT2D eigenvalue weighted by Crippen LogP contribution is 2.15. The molecule has 2 aromatic carbocycles. The molecule has 1 aliphatic heterocycles. The number of tetrazole rings is 1. The third kappa shape index (κ3) is 3.99. The highest BCUT2D eigenvalue weighted by molar-refractivity contribution is 6.30. The van der Waals surface area contributed by atoms with Gasteiger partial charge in [-0.1, -0.05) is 29.8 Å². The Bertz CT molecular complexity index is 903. The molecule has 0 aliphatic carbocycles. The fourth-order valence-electron chi connectivity index (χ4n) is 3.16. The fraction of sp³-hybridized carbons (Fsp3) is 0.263. The van der Waals surface area contributed by atoms with Gasteiger partial charge >= 0.3 is 0 Å². The van der Waals surface area contributed by atoms with Crippen LogP contribution in [0.15, 0.2) is 54.6 Å². The molecule has 138 valence electrons. The number of hydrogen-bond donors (Lipinski definition) is 0. The Balaban J connectivity index is 1.38. The first-order valence-corrected chi connectivity index (χ1v) is 9.18. The van der Waals surface area contributed by atoms with Gasteiger partial charge in [-0.15, -0.1) is 5.10 Å². The average molecular weight is 383 g/mol. The molecule has 27 heavy (non-hydrogen) atoms. The molecule has 0 spiro atoms. The van der Waals surface area contributed by atoms with Crippen molar-refractivity contribution in [1.82, 2.24) is 30.0 Å². The van der Waals surface area contributed by atoms with Gasteiger partial charge in [-0.2, -0.15) is 4.68 Å². The van der Waals surface area contributed by atoms with Crippen LogP contribution in [0.2, 0.25) is 5.02 Å². The van der Waals surface area contributed by atoms with Crippen LogP contribution in [0.4, 0.5) is 0 Å². The van der Waals surface area contributed by atoms with Gasteiger partial charge in [-0.3, -0.25) is 9.69 Å². The number of carbonyl (C=O) groups excluding carboxylic acids is 1. The first-order valence-electron chi connectivity index (χ1n) is 8.80. The maximum absolute atomic E-state index is 12.6. The molecular weight excluding hydrogens is 364 g/mol. The van der Waals surface area contributed by atoms with E-state index in [1.165, 1.54) is 0 Å². The molecule has 1 saturated heterocycles. The lowest BCUT2D eigenvalue weighted by Gasteiger charge is -2.34. The largest absolute Gasteiger partial charge is 0.336 e. The molecule has 0 atom stereocenters. The van der Waals surface area contributed by atoms with E-state index >= 15 is 0 Å². The molecule has 1 amide bonds. The predicted molar refractivity (Wildman–Crippen MR) is 102 cm³/mol. The van der Waals surface area contributed by atoms with Crippen LogP contribution in [0.1, 0.15) is 16.2 Å². The van der Waals surface area contributed by atoms with Gasteiger partial charge in [-0.05, 0) is 46.8 Å². The van der Waals surface area contributed by atoms with E-state index in [-0.39, 0.29) is 5.91 Å². The van der Waals surface area contributed by atoms with Gasteiger partial charge in [0.1, 0.15) is 0 Å². The first-order chi connectivity index (χ1) is 13.2. The summed E-state index contributed by atoms with van der Waals surface area (Å²) < 4.78 is 1.72. The number of hydrogen-bond acceptors (Lipinski definition) is 5. The van der Waals surface area contributed by atoms with Crippen LogP contribution in [0.5, 0.6) is 0 Å². The van der Waals surface area contributed by atoms with Crippen molar-refractivity contribution in [2.45, 2.75) is 6.54 Å². The molecule has 0 bridgehead atoms. The zero-order chi connectivity index (χ0) is 18.6. The molecule has 4 rings (SSSR count). The number of halogens is 1. The van der Waals surface area contributed by atoms with E-state index in [9.17, 15) is 4.79 Å². The van der Waals surface area contributed by atoms with Crippen molar-refractivity contribution in [3.05, 3.63) is 71.0 Å². The number of aromatic nitrogens is 4. The van der Waals surface area contributed by atoms with Crippen LogP contribution in [0, 0.1) is 0 Å². The van der Waals surface area contributed by atoms with Crippen LogP contribution >= 0.6 is 11.6 Å². The zero-order valence-electron chi connectivity index (χ0n) is 14.7. The van der Waals surface area contributed by atoms with Crippen molar-refractivity contribution in [1.29, 1.82) is 0 Å². The SMILES string of the molecule is O=C(c1ccccc1)N1CCN(Cc2nnnn2-c2ccc(Cl)cc2)CC1. The van der Waals surface area contributed by atoms with Gasteiger partial charge in [0.25, 0.3) is 5.91 Å². The minimum Gasteiger partial charge on any atom is -0.336 e. The van der Waals surface area contributed by atoms with Crippen molar-refractivity contribution in [2.24, 2.45) is 0 Å². The predicted octanol–water partition coefficient (Wildman–Crippen LogP) is 2.27. The number of rotatable bonds is 4. The summed E-state index contributed by atoms with van der Waals surface area (Å²) in [6.07, 6.45) is 0. The van der Waals surface area contributed by atoms with Gasteiger partial charge in [0.05, 0.1) is 12.2 Å². The molecule has 2 heterocycles. The number of benzene rings is 2. The summed E-state index contributed by atoms with van der Waals surface area (Å²) >= 11 is 5.95. The second-order valence-electron chi connectivity index (χ2n) is 6.42. The maximum atomic E-state index is 12.6. The number of amides is 1. The van der Waals surface area contributed by atoms with E-state index in [4.69, 9.17) is 11.6 Å². The average Bonchev–Trinajstić information content (AvgIpc) is 3.17. The molecule has 0 saturated carbocycles. The Hall–Kier alpha value is -2.77.